The third-order valence-corrected chi connectivity index (χ3v) is 0.539. The minimum absolute atomic E-state index is 0.231. The molecule has 0 aliphatic rings. The van der Waals surface area contributed by atoms with Gasteiger partial charge in [-0.2, -0.15) is 8.42 Å². The average molecular weight is 182 g/mol. The summed E-state index contributed by atoms with van der Waals surface area (Å²) in [5.41, 5.74) is 1.04. The van der Waals surface area contributed by atoms with Gasteiger partial charge in [0.05, 0.1) is 6.26 Å². The topological polar surface area (TPSA) is 74.6 Å². The van der Waals surface area contributed by atoms with Gasteiger partial charge in [-0.1, -0.05) is 5.57 Å². The second-order valence-corrected chi connectivity index (χ2v) is 3.63. The molecule has 0 radical (unpaired) electrons. The van der Waals surface area contributed by atoms with Crippen molar-refractivity contribution in [3.8, 4) is 0 Å². The van der Waals surface area contributed by atoms with Crippen LogP contribution in [0.5, 0.6) is 0 Å². The molecule has 0 saturated heterocycles. The molecule has 0 bridgehead atoms. The zero-order valence-electron chi connectivity index (χ0n) is 6.74. The van der Waals surface area contributed by atoms with Crippen LogP contribution < -0.4 is 0 Å². The summed E-state index contributed by atoms with van der Waals surface area (Å²) in [4.78, 5) is 0. The number of rotatable bonds is 2. The first-order chi connectivity index (χ1) is 4.77. The maximum atomic E-state index is 9.19. The summed E-state index contributed by atoms with van der Waals surface area (Å²) in [6, 6.07) is 0. The normalized spacial score (nSPS) is 9.82. The monoisotopic (exact) mass is 182 g/mol. The van der Waals surface area contributed by atoms with Crippen LogP contribution in [-0.4, -0.2) is 30.9 Å². The van der Waals surface area contributed by atoms with E-state index in [1.165, 1.54) is 0 Å². The van der Waals surface area contributed by atoms with Crippen LogP contribution in [0, 0.1) is 0 Å². The molecule has 2 N–H and O–H groups in total. The molecule has 0 aliphatic carbocycles. The quantitative estimate of drug-likeness (QED) is 0.480. The fourth-order valence-corrected chi connectivity index (χ4v) is 0.191. The molecular weight excluding hydrogens is 168 g/mol. The summed E-state index contributed by atoms with van der Waals surface area (Å²) in [5.74, 6) is 0. The van der Waals surface area contributed by atoms with E-state index in [0.717, 1.165) is 12.0 Å². The number of aliphatic hydroxyl groups is 1. The molecule has 0 heterocycles. The van der Waals surface area contributed by atoms with E-state index < -0.39 is 10.1 Å². The van der Waals surface area contributed by atoms with Gasteiger partial charge in [0.15, 0.2) is 0 Å². The van der Waals surface area contributed by atoms with Crippen molar-refractivity contribution in [1.29, 1.82) is 0 Å². The molecule has 0 spiro atoms. The van der Waals surface area contributed by atoms with E-state index >= 15 is 0 Å². The first kappa shape index (κ1) is 13.2. The molecular formula is C6H14O4S. The molecule has 0 atom stereocenters. The Labute approximate surface area is 67.3 Å². The first-order valence-corrected chi connectivity index (χ1v) is 4.80. The molecule has 11 heavy (non-hydrogen) atoms. The third kappa shape index (κ3) is 81.7. The second kappa shape index (κ2) is 6.33. The zero-order chi connectivity index (χ0) is 9.49. The van der Waals surface area contributed by atoms with Crippen molar-refractivity contribution in [1.82, 2.24) is 0 Å². The Morgan fingerprint density at radius 2 is 1.82 bits per heavy atom. The van der Waals surface area contributed by atoms with Crippen LogP contribution in [0.25, 0.3) is 0 Å². The number of hydrogen-bond donors (Lipinski definition) is 2. The van der Waals surface area contributed by atoms with Crippen molar-refractivity contribution in [3.05, 3.63) is 12.2 Å². The van der Waals surface area contributed by atoms with Gasteiger partial charge in [-0.15, -0.1) is 6.58 Å². The van der Waals surface area contributed by atoms with Gasteiger partial charge in [-0.3, -0.25) is 4.55 Å². The van der Waals surface area contributed by atoms with Crippen LogP contribution in [0.15, 0.2) is 12.2 Å². The van der Waals surface area contributed by atoms with Gasteiger partial charge in [0.2, 0.25) is 0 Å². The third-order valence-electron chi connectivity index (χ3n) is 0.539. The van der Waals surface area contributed by atoms with Crippen molar-refractivity contribution < 1.29 is 18.1 Å². The molecule has 0 amide bonds. The molecule has 0 fully saturated rings. The summed E-state index contributed by atoms with van der Waals surface area (Å²) in [6.07, 6.45) is 1.45. The van der Waals surface area contributed by atoms with Crippen molar-refractivity contribution in [2.75, 3.05) is 12.9 Å². The largest absolute Gasteiger partial charge is 0.396 e. The van der Waals surface area contributed by atoms with E-state index in [4.69, 9.17) is 9.66 Å². The van der Waals surface area contributed by atoms with Crippen molar-refractivity contribution in [2.45, 2.75) is 13.3 Å². The van der Waals surface area contributed by atoms with Gasteiger partial charge in [0.1, 0.15) is 0 Å². The van der Waals surface area contributed by atoms with E-state index in [0.29, 0.717) is 6.26 Å². The van der Waals surface area contributed by atoms with Gasteiger partial charge in [0, 0.05) is 6.61 Å². The highest BCUT2D eigenvalue weighted by Gasteiger charge is 1.81. The lowest BCUT2D eigenvalue weighted by atomic mass is 10.3. The van der Waals surface area contributed by atoms with E-state index in [9.17, 15) is 8.42 Å². The number of aliphatic hydroxyl groups excluding tert-OH is 1. The van der Waals surface area contributed by atoms with Gasteiger partial charge < -0.3 is 5.11 Å². The molecule has 0 aromatic carbocycles. The maximum Gasteiger partial charge on any atom is 0.261 e. The van der Waals surface area contributed by atoms with Gasteiger partial charge in [0.25, 0.3) is 10.1 Å². The predicted molar refractivity (Wildman–Crippen MR) is 44.0 cm³/mol. The van der Waals surface area contributed by atoms with Gasteiger partial charge in [-0.25, -0.2) is 0 Å². The summed E-state index contributed by atoms with van der Waals surface area (Å²) < 4.78 is 25.9. The minimum Gasteiger partial charge on any atom is -0.396 e. The predicted octanol–water partition coefficient (Wildman–Crippen LogP) is 0.449. The molecule has 0 saturated carbocycles. The Morgan fingerprint density at radius 1 is 1.55 bits per heavy atom. The molecule has 0 aromatic rings. The molecule has 4 nitrogen and oxygen atoms in total. The standard InChI is InChI=1S/C5H10O.CH4O3S/c1-5(2)3-4-6;1-5(2,3)4/h6H,1,3-4H2,2H3;1H3,(H,2,3,4). The SMILES string of the molecule is C=C(C)CCO.CS(=O)(=O)O. The van der Waals surface area contributed by atoms with Crippen LogP contribution in [0.1, 0.15) is 13.3 Å². The van der Waals surface area contributed by atoms with E-state index in [2.05, 4.69) is 6.58 Å². The highest BCUT2D eigenvalue weighted by molar-refractivity contribution is 7.85. The lowest BCUT2D eigenvalue weighted by molar-refractivity contribution is 0.299. The Balaban J connectivity index is 0. The van der Waals surface area contributed by atoms with Crippen LogP contribution >= 0.6 is 0 Å². The van der Waals surface area contributed by atoms with Crippen LogP contribution in [-0.2, 0) is 10.1 Å². The summed E-state index contributed by atoms with van der Waals surface area (Å²) in [5, 5.41) is 8.18. The van der Waals surface area contributed by atoms with E-state index in [-0.39, 0.29) is 6.61 Å². The van der Waals surface area contributed by atoms with Crippen LogP contribution in [0.2, 0.25) is 0 Å². The summed E-state index contributed by atoms with van der Waals surface area (Å²) in [7, 11) is -3.67. The smallest absolute Gasteiger partial charge is 0.261 e. The summed E-state index contributed by atoms with van der Waals surface area (Å²) in [6.45, 7) is 5.72. The Kier molecular flexibility index (Phi) is 7.60. The first-order valence-electron chi connectivity index (χ1n) is 2.95. The van der Waals surface area contributed by atoms with Gasteiger partial charge >= 0.3 is 0 Å². The van der Waals surface area contributed by atoms with Crippen LogP contribution in [0.3, 0.4) is 0 Å². The molecule has 0 unspecified atom stereocenters. The molecule has 68 valence electrons. The van der Waals surface area contributed by atoms with E-state index in [1.54, 1.807) is 0 Å². The Morgan fingerprint density at radius 3 is 1.82 bits per heavy atom. The maximum absolute atomic E-state index is 9.19. The molecule has 5 heteroatoms. The minimum atomic E-state index is -3.67. The highest BCUT2D eigenvalue weighted by atomic mass is 32.2. The lowest BCUT2D eigenvalue weighted by Gasteiger charge is -1.87. The van der Waals surface area contributed by atoms with Crippen molar-refractivity contribution >= 4 is 10.1 Å². The van der Waals surface area contributed by atoms with E-state index in [1.807, 2.05) is 6.92 Å². The average Bonchev–Trinajstić information content (AvgIpc) is 1.58. The van der Waals surface area contributed by atoms with Crippen molar-refractivity contribution in [2.24, 2.45) is 0 Å². The molecule has 0 aromatic heterocycles. The zero-order valence-corrected chi connectivity index (χ0v) is 7.56. The number of hydrogen-bond acceptors (Lipinski definition) is 3. The lowest BCUT2D eigenvalue weighted by Crippen LogP contribution is -1.88. The highest BCUT2D eigenvalue weighted by Crippen LogP contribution is 1.90. The Bertz CT molecular complexity index is 185. The Hall–Kier alpha value is -0.390. The van der Waals surface area contributed by atoms with Crippen molar-refractivity contribution in [3.63, 3.8) is 0 Å². The summed E-state index contributed by atoms with van der Waals surface area (Å²) >= 11 is 0. The molecule has 0 rings (SSSR count). The van der Waals surface area contributed by atoms with Crippen LogP contribution in [0.4, 0.5) is 0 Å². The fourth-order valence-electron chi connectivity index (χ4n) is 0.191. The second-order valence-electron chi connectivity index (χ2n) is 2.16. The molecule has 0 aliphatic heterocycles. The van der Waals surface area contributed by atoms with Gasteiger partial charge in [-0.05, 0) is 13.3 Å². The fraction of sp³-hybridized carbons (Fsp3) is 0.667.